The van der Waals surface area contributed by atoms with Gasteiger partial charge in [0.25, 0.3) is 0 Å². The van der Waals surface area contributed by atoms with Crippen LogP contribution in [0.5, 0.6) is 0 Å². The van der Waals surface area contributed by atoms with Gasteiger partial charge in [0.2, 0.25) is 5.89 Å². The van der Waals surface area contributed by atoms with Crippen LogP contribution >= 0.6 is 0 Å². The molecule has 1 aromatic heterocycles. The van der Waals surface area contributed by atoms with Gasteiger partial charge in [-0.25, -0.2) is 0 Å². The molecule has 0 saturated heterocycles. The van der Waals surface area contributed by atoms with E-state index in [4.69, 9.17) is 14.0 Å². The maximum absolute atomic E-state index is 11.1. The number of nitrogens with zero attached hydrogens (tertiary/aromatic N) is 2. The molecule has 1 atom stereocenters. The van der Waals surface area contributed by atoms with Crippen LogP contribution in [0.3, 0.4) is 0 Å². The lowest BCUT2D eigenvalue weighted by Gasteiger charge is -2.03. The van der Waals surface area contributed by atoms with Crippen LogP contribution in [0, 0.1) is 0 Å². The Morgan fingerprint density at radius 1 is 1.56 bits per heavy atom. The molecule has 0 spiro atoms. The Morgan fingerprint density at radius 3 is 2.94 bits per heavy atom. The normalized spacial score (nSPS) is 12.4. The van der Waals surface area contributed by atoms with Crippen LogP contribution in [0.25, 0.3) is 0 Å². The highest BCUT2D eigenvalue weighted by Gasteiger charge is 2.13. The van der Waals surface area contributed by atoms with Crippen LogP contribution in [0.4, 0.5) is 0 Å². The van der Waals surface area contributed by atoms with Gasteiger partial charge < -0.3 is 14.0 Å². The number of rotatable bonds is 6. The third-order valence-electron chi connectivity index (χ3n) is 1.98. The standard InChI is InChI=1S/C10H16N2O4/c1-4-15-10(13)6-9-11-8(12-16-9)5-7(2)14-3/h7H,4-6H2,1-3H3. The molecule has 1 rings (SSSR count). The lowest BCUT2D eigenvalue weighted by atomic mass is 10.3. The van der Waals surface area contributed by atoms with Gasteiger partial charge >= 0.3 is 5.97 Å². The van der Waals surface area contributed by atoms with Gasteiger partial charge in [0.15, 0.2) is 5.82 Å². The Kier molecular flexibility index (Phi) is 4.91. The Hall–Kier alpha value is -1.43. The third-order valence-corrected chi connectivity index (χ3v) is 1.98. The van der Waals surface area contributed by atoms with Crippen LogP contribution in [-0.4, -0.2) is 35.9 Å². The van der Waals surface area contributed by atoms with E-state index in [0.29, 0.717) is 18.9 Å². The van der Waals surface area contributed by atoms with E-state index >= 15 is 0 Å². The number of aromatic nitrogens is 2. The van der Waals surface area contributed by atoms with Crippen LogP contribution in [0.2, 0.25) is 0 Å². The molecular weight excluding hydrogens is 212 g/mol. The SMILES string of the molecule is CCOC(=O)Cc1nc(CC(C)OC)no1. The Balaban J connectivity index is 2.48. The summed E-state index contributed by atoms with van der Waals surface area (Å²) in [4.78, 5) is 15.2. The fraction of sp³-hybridized carbons (Fsp3) is 0.700. The van der Waals surface area contributed by atoms with E-state index in [1.165, 1.54) is 0 Å². The molecule has 0 aromatic carbocycles. The van der Waals surface area contributed by atoms with Crippen molar-refractivity contribution in [3.05, 3.63) is 11.7 Å². The predicted molar refractivity (Wildman–Crippen MR) is 54.8 cm³/mol. The first-order chi connectivity index (χ1) is 7.65. The number of hydrogen-bond acceptors (Lipinski definition) is 6. The molecule has 1 heterocycles. The fourth-order valence-corrected chi connectivity index (χ4v) is 1.12. The molecule has 0 aliphatic rings. The largest absolute Gasteiger partial charge is 0.466 e. The first kappa shape index (κ1) is 12.6. The highest BCUT2D eigenvalue weighted by Crippen LogP contribution is 2.03. The number of carbonyl (C=O) groups is 1. The van der Waals surface area contributed by atoms with Crippen molar-refractivity contribution >= 4 is 5.97 Å². The summed E-state index contributed by atoms with van der Waals surface area (Å²) < 4.78 is 14.7. The van der Waals surface area contributed by atoms with E-state index < -0.39 is 0 Å². The number of carbonyl (C=O) groups excluding carboxylic acids is 1. The Labute approximate surface area is 93.9 Å². The second-order valence-corrected chi connectivity index (χ2v) is 3.34. The minimum atomic E-state index is -0.363. The summed E-state index contributed by atoms with van der Waals surface area (Å²) in [5.74, 6) is 0.447. The lowest BCUT2D eigenvalue weighted by Crippen LogP contribution is -2.10. The molecule has 0 aliphatic heterocycles. The molecule has 0 N–H and O–H groups in total. The third kappa shape index (κ3) is 3.98. The number of esters is 1. The van der Waals surface area contributed by atoms with E-state index in [0.717, 1.165) is 0 Å². The molecule has 0 radical (unpaired) electrons. The maximum atomic E-state index is 11.1. The van der Waals surface area contributed by atoms with Gasteiger partial charge in [0.05, 0.1) is 12.7 Å². The highest BCUT2D eigenvalue weighted by atomic mass is 16.5. The molecule has 0 saturated carbocycles. The van der Waals surface area contributed by atoms with Crippen LogP contribution < -0.4 is 0 Å². The summed E-state index contributed by atoms with van der Waals surface area (Å²) in [7, 11) is 1.62. The summed E-state index contributed by atoms with van der Waals surface area (Å²) in [5, 5.41) is 3.74. The monoisotopic (exact) mass is 228 g/mol. The van der Waals surface area contributed by atoms with E-state index in [9.17, 15) is 4.79 Å². The fourth-order valence-electron chi connectivity index (χ4n) is 1.12. The minimum Gasteiger partial charge on any atom is -0.466 e. The molecule has 6 heteroatoms. The van der Waals surface area contributed by atoms with Crippen molar-refractivity contribution in [1.29, 1.82) is 0 Å². The lowest BCUT2D eigenvalue weighted by molar-refractivity contribution is -0.142. The molecule has 0 fully saturated rings. The summed E-state index contributed by atoms with van der Waals surface area (Å²) >= 11 is 0. The summed E-state index contributed by atoms with van der Waals surface area (Å²) in [6.07, 6.45) is 0.596. The molecule has 6 nitrogen and oxygen atoms in total. The zero-order valence-corrected chi connectivity index (χ0v) is 9.73. The molecule has 1 unspecified atom stereocenters. The van der Waals surface area contributed by atoms with Gasteiger partial charge in [-0.2, -0.15) is 4.98 Å². The van der Waals surface area contributed by atoms with Gasteiger partial charge in [0, 0.05) is 13.5 Å². The summed E-state index contributed by atoms with van der Waals surface area (Å²) in [6.45, 7) is 4.00. The average Bonchev–Trinajstić information content (AvgIpc) is 2.65. The predicted octanol–water partition coefficient (Wildman–Crippen LogP) is 0.753. The van der Waals surface area contributed by atoms with Gasteiger partial charge in [-0.1, -0.05) is 5.16 Å². The van der Waals surface area contributed by atoms with Gasteiger partial charge in [0.1, 0.15) is 6.42 Å². The molecule has 0 bridgehead atoms. The highest BCUT2D eigenvalue weighted by molar-refractivity contribution is 5.71. The molecule has 0 amide bonds. The number of ether oxygens (including phenoxy) is 2. The molecule has 90 valence electrons. The number of hydrogen-bond donors (Lipinski definition) is 0. The molecule has 1 aromatic rings. The van der Waals surface area contributed by atoms with Gasteiger partial charge in [-0.05, 0) is 13.8 Å². The van der Waals surface area contributed by atoms with Crippen molar-refractivity contribution in [3.8, 4) is 0 Å². The van der Waals surface area contributed by atoms with Crippen LogP contribution in [0.15, 0.2) is 4.52 Å². The Bertz CT molecular complexity index is 337. The Morgan fingerprint density at radius 2 is 2.31 bits per heavy atom. The van der Waals surface area contributed by atoms with Crippen molar-refractivity contribution in [1.82, 2.24) is 10.1 Å². The topological polar surface area (TPSA) is 74.5 Å². The van der Waals surface area contributed by atoms with Crippen molar-refractivity contribution in [3.63, 3.8) is 0 Å². The zero-order chi connectivity index (χ0) is 12.0. The molecule has 0 aliphatic carbocycles. The van der Waals surface area contributed by atoms with Crippen molar-refractivity contribution in [2.24, 2.45) is 0 Å². The van der Waals surface area contributed by atoms with Crippen molar-refractivity contribution in [2.45, 2.75) is 32.8 Å². The van der Waals surface area contributed by atoms with E-state index in [-0.39, 0.29) is 24.4 Å². The van der Waals surface area contributed by atoms with Crippen LogP contribution in [-0.2, 0) is 27.1 Å². The molecule has 16 heavy (non-hydrogen) atoms. The summed E-state index contributed by atoms with van der Waals surface area (Å²) in [5.41, 5.74) is 0. The zero-order valence-electron chi connectivity index (χ0n) is 9.73. The van der Waals surface area contributed by atoms with Gasteiger partial charge in [-0.15, -0.1) is 0 Å². The second kappa shape index (κ2) is 6.22. The van der Waals surface area contributed by atoms with Crippen molar-refractivity contribution in [2.75, 3.05) is 13.7 Å². The average molecular weight is 228 g/mol. The quantitative estimate of drug-likeness (QED) is 0.669. The minimum absolute atomic E-state index is 0.0161. The smallest absolute Gasteiger partial charge is 0.315 e. The van der Waals surface area contributed by atoms with Crippen LogP contribution in [0.1, 0.15) is 25.6 Å². The molecular formula is C10H16N2O4. The van der Waals surface area contributed by atoms with E-state index in [1.807, 2.05) is 6.92 Å². The second-order valence-electron chi connectivity index (χ2n) is 3.34. The maximum Gasteiger partial charge on any atom is 0.315 e. The number of methoxy groups -OCH3 is 1. The van der Waals surface area contributed by atoms with E-state index in [1.54, 1.807) is 14.0 Å². The first-order valence-corrected chi connectivity index (χ1v) is 5.15. The van der Waals surface area contributed by atoms with E-state index in [2.05, 4.69) is 10.1 Å². The van der Waals surface area contributed by atoms with Gasteiger partial charge in [-0.3, -0.25) is 4.79 Å². The van der Waals surface area contributed by atoms with Crippen molar-refractivity contribution < 1.29 is 18.8 Å². The summed E-state index contributed by atoms with van der Waals surface area (Å²) in [6, 6.07) is 0. The first-order valence-electron chi connectivity index (χ1n) is 5.15.